The number of hydrogen-bond acceptors (Lipinski definition) is 5. The summed E-state index contributed by atoms with van der Waals surface area (Å²) in [5, 5.41) is 16.7. The monoisotopic (exact) mass is 543 g/mol. The third kappa shape index (κ3) is 5.48. The van der Waals surface area contributed by atoms with Crippen molar-refractivity contribution < 1.29 is 19.5 Å². The lowest BCUT2D eigenvalue weighted by molar-refractivity contribution is -0.143. The standard InChI is InChI=1S/C30H45N3O4S/c1-18(2)15-20(16-34)33-24(26(36)32-29(6,7)17-28(3,4)5)30-14-13-21(38-30)22(23(30)27(33)37)25(35)31-19-11-9-8-10-12-19/h8-12,18,20-24,34H,13-17H2,1-7H3,(H,31,35)(H,32,36)/t20-,21-,22+,23+,24?,30?/m1/s1. The molecule has 3 saturated heterocycles. The third-order valence-electron chi connectivity index (χ3n) is 8.11. The molecule has 0 aromatic heterocycles. The molecule has 1 aromatic rings. The first-order valence-corrected chi connectivity index (χ1v) is 14.9. The number of hydrogen-bond donors (Lipinski definition) is 3. The molecule has 3 aliphatic rings. The number of carbonyl (C=O) groups is 3. The maximum absolute atomic E-state index is 14.3. The summed E-state index contributed by atoms with van der Waals surface area (Å²) in [6.07, 6.45) is 2.87. The fourth-order valence-electron chi connectivity index (χ4n) is 7.42. The number of fused-ring (bicyclic) bond motifs is 1. The number of aliphatic hydroxyl groups excluding tert-OH is 1. The summed E-state index contributed by atoms with van der Waals surface area (Å²) in [6.45, 7) is 14.4. The van der Waals surface area contributed by atoms with Gasteiger partial charge < -0.3 is 20.6 Å². The maximum atomic E-state index is 14.3. The Morgan fingerprint density at radius 1 is 1.13 bits per heavy atom. The Morgan fingerprint density at radius 3 is 2.37 bits per heavy atom. The fraction of sp³-hybridized carbons (Fsp3) is 0.700. The predicted molar refractivity (Wildman–Crippen MR) is 153 cm³/mol. The lowest BCUT2D eigenvalue weighted by Gasteiger charge is -2.40. The van der Waals surface area contributed by atoms with Crippen LogP contribution in [0.4, 0.5) is 5.69 Å². The highest BCUT2D eigenvalue weighted by Gasteiger charge is 2.74. The fourth-order valence-corrected chi connectivity index (χ4v) is 9.63. The number of aliphatic hydroxyl groups is 1. The molecule has 3 N–H and O–H groups in total. The van der Waals surface area contributed by atoms with Crippen molar-refractivity contribution in [3.05, 3.63) is 30.3 Å². The van der Waals surface area contributed by atoms with Crippen molar-refractivity contribution in [2.75, 3.05) is 11.9 Å². The second kappa shape index (κ2) is 10.5. The van der Waals surface area contributed by atoms with Gasteiger partial charge in [-0.1, -0.05) is 52.8 Å². The summed E-state index contributed by atoms with van der Waals surface area (Å²) in [4.78, 5) is 43.8. The van der Waals surface area contributed by atoms with Gasteiger partial charge in [0.2, 0.25) is 17.7 Å². The van der Waals surface area contributed by atoms with E-state index in [-0.39, 0.29) is 40.9 Å². The van der Waals surface area contributed by atoms with E-state index in [1.807, 2.05) is 44.2 Å². The first kappa shape index (κ1) is 28.9. The minimum absolute atomic E-state index is 0.00891. The van der Waals surface area contributed by atoms with E-state index < -0.39 is 34.2 Å². The quantitative estimate of drug-likeness (QED) is 0.427. The number of amides is 3. The molecule has 2 unspecified atom stereocenters. The van der Waals surface area contributed by atoms with Crippen molar-refractivity contribution in [3.63, 3.8) is 0 Å². The molecular weight excluding hydrogens is 498 g/mol. The van der Waals surface area contributed by atoms with Crippen LogP contribution in [0.5, 0.6) is 0 Å². The number of rotatable bonds is 9. The van der Waals surface area contributed by atoms with Crippen molar-refractivity contribution >= 4 is 35.2 Å². The van der Waals surface area contributed by atoms with E-state index in [0.717, 1.165) is 12.8 Å². The number of thioether (sulfide) groups is 1. The molecule has 3 aliphatic heterocycles. The predicted octanol–water partition coefficient (Wildman–Crippen LogP) is 4.45. The molecule has 0 saturated carbocycles. The van der Waals surface area contributed by atoms with Gasteiger partial charge in [0.1, 0.15) is 6.04 Å². The van der Waals surface area contributed by atoms with Crippen LogP contribution in [0.2, 0.25) is 0 Å². The number of anilines is 1. The lowest BCUT2D eigenvalue weighted by atomic mass is 9.70. The molecule has 210 valence electrons. The van der Waals surface area contributed by atoms with E-state index in [1.165, 1.54) is 0 Å². The van der Waals surface area contributed by atoms with E-state index in [0.29, 0.717) is 18.5 Å². The molecule has 4 rings (SSSR count). The highest BCUT2D eigenvalue weighted by atomic mass is 32.2. The van der Waals surface area contributed by atoms with Crippen LogP contribution in [-0.4, -0.2) is 62.0 Å². The Balaban J connectivity index is 1.70. The lowest BCUT2D eigenvalue weighted by Crippen LogP contribution is -2.60. The Hall–Kier alpha value is -2.06. The highest BCUT2D eigenvalue weighted by molar-refractivity contribution is 8.02. The molecular formula is C30H45N3O4S. The molecule has 6 atom stereocenters. The average molecular weight is 544 g/mol. The molecule has 3 fully saturated rings. The summed E-state index contributed by atoms with van der Waals surface area (Å²) < 4.78 is -0.674. The first-order valence-electron chi connectivity index (χ1n) is 14.0. The van der Waals surface area contributed by atoms with Crippen molar-refractivity contribution in [2.24, 2.45) is 23.2 Å². The molecule has 0 radical (unpaired) electrons. The third-order valence-corrected chi connectivity index (χ3v) is 10.1. The van der Waals surface area contributed by atoms with Crippen LogP contribution in [0.1, 0.15) is 74.1 Å². The summed E-state index contributed by atoms with van der Waals surface area (Å²) >= 11 is 1.66. The zero-order chi connectivity index (χ0) is 28.0. The summed E-state index contributed by atoms with van der Waals surface area (Å²) in [5.41, 5.74) is 0.236. The molecule has 7 nitrogen and oxygen atoms in total. The summed E-state index contributed by atoms with van der Waals surface area (Å²) in [7, 11) is 0. The van der Waals surface area contributed by atoms with Crippen LogP contribution in [0.15, 0.2) is 30.3 Å². The molecule has 8 heteroatoms. The number of nitrogens with zero attached hydrogens (tertiary/aromatic N) is 1. The van der Waals surface area contributed by atoms with Gasteiger partial charge in [0, 0.05) is 16.5 Å². The minimum atomic E-state index is -0.723. The topological polar surface area (TPSA) is 98.7 Å². The van der Waals surface area contributed by atoms with Crippen molar-refractivity contribution in [1.82, 2.24) is 10.2 Å². The summed E-state index contributed by atoms with van der Waals surface area (Å²) in [6, 6.07) is 8.12. The van der Waals surface area contributed by atoms with Crippen molar-refractivity contribution in [2.45, 2.75) is 102 Å². The zero-order valence-corrected chi connectivity index (χ0v) is 24.7. The van der Waals surface area contributed by atoms with E-state index in [1.54, 1.807) is 16.7 Å². The molecule has 0 aliphatic carbocycles. The number of nitrogens with one attached hydrogen (secondary N) is 2. The highest BCUT2D eigenvalue weighted by Crippen LogP contribution is 2.66. The van der Waals surface area contributed by atoms with Crippen molar-refractivity contribution in [1.29, 1.82) is 0 Å². The van der Waals surface area contributed by atoms with Gasteiger partial charge in [-0.15, -0.1) is 11.8 Å². The van der Waals surface area contributed by atoms with Gasteiger partial charge in [-0.05, 0) is 63.0 Å². The largest absolute Gasteiger partial charge is 0.394 e. The van der Waals surface area contributed by atoms with Crippen LogP contribution in [0.3, 0.4) is 0 Å². The van der Waals surface area contributed by atoms with Crippen LogP contribution < -0.4 is 10.6 Å². The Morgan fingerprint density at radius 2 is 1.79 bits per heavy atom. The number of likely N-dealkylation sites (tertiary alicyclic amines) is 1. The number of carbonyl (C=O) groups excluding carboxylic acids is 3. The number of para-hydroxylation sites is 1. The van der Waals surface area contributed by atoms with E-state index in [2.05, 4.69) is 45.3 Å². The second-order valence-electron chi connectivity index (χ2n) is 13.7. The number of benzene rings is 1. The van der Waals surface area contributed by atoms with E-state index in [4.69, 9.17) is 0 Å². The molecule has 3 heterocycles. The van der Waals surface area contributed by atoms with E-state index in [9.17, 15) is 19.5 Å². The smallest absolute Gasteiger partial charge is 0.244 e. The van der Waals surface area contributed by atoms with Crippen LogP contribution in [0.25, 0.3) is 0 Å². The summed E-state index contributed by atoms with van der Waals surface area (Å²) in [5.74, 6) is -1.36. The van der Waals surface area contributed by atoms with Crippen molar-refractivity contribution in [3.8, 4) is 0 Å². The van der Waals surface area contributed by atoms with Gasteiger partial charge >= 0.3 is 0 Å². The van der Waals surface area contributed by atoms with Gasteiger partial charge in [-0.25, -0.2) is 0 Å². The Bertz CT molecular complexity index is 1050. The van der Waals surface area contributed by atoms with Crippen LogP contribution in [0, 0.1) is 23.2 Å². The van der Waals surface area contributed by atoms with Gasteiger partial charge in [0.15, 0.2) is 0 Å². The maximum Gasteiger partial charge on any atom is 0.244 e. The SMILES string of the molecule is CC(C)C[C@H](CO)N1C(=O)[C@@H]2[C@@H](C(=O)Nc3ccccc3)[C@H]3CCC2(S3)C1C(=O)NC(C)(C)CC(C)(C)C. The minimum Gasteiger partial charge on any atom is -0.394 e. The van der Waals surface area contributed by atoms with Gasteiger partial charge in [0.25, 0.3) is 0 Å². The van der Waals surface area contributed by atoms with E-state index >= 15 is 0 Å². The molecule has 1 aromatic carbocycles. The van der Waals surface area contributed by atoms with Gasteiger partial charge in [-0.3, -0.25) is 14.4 Å². The normalized spacial score (nSPS) is 29.5. The average Bonchev–Trinajstić information content (AvgIpc) is 3.43. The molecule has 3 amide bonds. The molecule has 1 spiro atoms. The van der Waals surface area contributed by atoms with Crippen LogP contribution in [-0.2, 0) is 14.4 Å². The second-order valence-corrected chi connectivity index (χ2v) is 15.3. The Kier molecular flexibility index (Phi) is 7.99. The molecule has 2 bridgehead atoms. The zero-order valence-electron chi connectivity index (χ0n) is 23.9. The first-order chi connectivity index (χ1) is 17.7. The Labute approximate surface area is 231 Å². The van der Waals surface area contributed by atoms with Crippen LogP contribution >= 0.6 is 11.8 Å². The molecule has 38 heavy (non-hydrogen) atoms. The van der Waals surface area contributed by atoms with Gasteiger partial charge in [-0.2, -0.15) is 0 Å². The van der Waals surface area contributed by atoms with Gasteiger partial charge in [0.05, 0.1) is 29.2 Å².